The third-order valence-electron chi connectivity index (χ3n) is 3.65. The maximum Gasteiger partial charge on any atom is 0.223 e. The molecule has 1 saturated carbocycles. The zero-order chi connectivity index (χ0) is 11.8. The van der Waals surface area contributed by atoms with Gasteiger partial charge >= 0.3 is 0 Å². The summed E-state index contributed by atoms with van der Waals surface area (Å²) in [5.74, 6) is 0.463. The van der Waals surface area contributed by atoms with Gasteiger partial charge in [0.25, 0.3) is 0 Å². The number of hydrogen-bond acceptors (Lipinski definition) is 3. The van der Waals surface area contributed by atoms with E-state index in [9.17, 15) is 13.2 Å². The zero-order valence-electron chi connectivity index (χ0n) is 9.66. The van der Waals surface area contributed by atoms with Crippen molar-refractivity contribution in [1.82, 2.24) is 5.32 Å². The summed E-state index contributed by atoms with van der Waals surface area (Å²) in [6, 6.07) is 0. The van der Waals surface area contributed by atoms with Crippen LogP contribution in [0, 0.1) is 5.92 Å². The summed E-state index contributed by atoms with van der Waals surface area (Å²) in [6.07, 6.45) is 4.69. The molecule has 92 valence electrons. The molecule has 1 aliphatic carbocycles. The Kier molecular flexibility index (Phi) is 2.99. The predicted molar refractivity (Wildman–Crippen MR) is 61.8 cm³/mol. The van der Waals surface area contributed by atoms with Gasteiger partial charge in [0.1, 0.15) is 0 Å². The van der Waals surface area contributed by atoms with E-state index in [2.05, 4.69) is 5.32 Å². The predicted octanol–water partition coefficient (Wildman–Crippen LogP) is 0.870. The Hall–Kier alpha value is -0.580. The molecule has 2 aliphatic rings. The van der Waals surface area contributed by atoms with Crippen LogP contribution in [0.1, 0.15) is 39.0 Å². The molecule has 0 unspecified atom stereocenters. The van der Waals surface area contributed by atoms with Crippen molar-refractivity contribution in [2.24, 2.45) is 5.92 Å². The average molecular weight is 245 g/mol. The molecule has 0 aromatic rings. The van der Waals surface area contributed by atoms with E-state index in [1.807, 2.05) is 6.92 Å². The Morgan fingerprint density at radius 3 is 2.44 bits per heavy atom. The van der Waals surface area contributed by atoms with Crippen molar-refractivity contribution in [3.63, 3.8) is 0 Å². The molecule has 16 heavy (non-hydrogen) atoms. The van der Waals surface area contributed by atoms with E-state index in [-0.39, 0.29) is 23.3 Å². The van der Waals surface area contributed by atoms with E-state index in [1.165, 1.54) is 0 Å². The van der Waals surface area contributed by atoms with Crippen molar-refractivity contribution in [2.45, 2.75) is 44.6 Å². The fourth-order valence-corrected chi connectivity index (χ4v) is 4.79. The molecule has 1 saturated heterocycles. The first kappa shape index (κ1) is 11.9. The quantitative estimate of drug-likeness (QED) is 0.785. The van der Waals surface area contributed by atoms with Crippen LogP contribution in [-0.4, -0.2) is 31.4 Å². The molecule has 0 aromatic heterocycles. The van der Waals surface area contributed by atoms with Crippen molar-refractivity contribution in [3.8, 4) is 0 Å². The smallest absolute Gasteiger partial charge is 0.223 e. The van der Waals surface area contributed by atoms with Gasteiger partial charge in [0.2, 0.25) is 5.91 Å². The first-order valence-electron chi connectivity index (χ1n) is 5.93. The van der Waals surface area contributed by atoms with Gasteiger partial charge in [0.05, 0.1) is 17.0 Å². The molecule has 5 heteroatoms. The van der Waals surface area contributed by atoms with Gasteiger partial charge in [-0.2, -0.15) is 0 Å². The number of carbonyl (C=O) groups excluding carboxylic acids is 1. The van der Waals surface area contributed by atoms with E-state index < -0.39 is 15.4 Å². The summed E-state index contributed by atoms with van der Waals surface area (Å²) >= 11 is 0. The number of rotatable bonds is 2. The Labute approximate surface area is 96.7 Å². The van der Waals surface area contributed by atoms with E-state index in [0.717, 1.165) is 25.7 Å². The van der Waals surface area contributed by atoms with Crippen molar-refractivity contribution >= 4 is 15.7 Å². The minimum Gasteiger partial charge on any atom is -0.350 e. The van der Waals surface area contributed by atoms with E-state index in [0.29, 0.717) is 6.42 Å². The van der Waals surface area contributed by atoms with Crippen LogP contribution >= 0.6 is 0 Å². The van der Waals surface area contributed by atoms with Crippen LogP contribution in [0.15, 0.2) is 0 Å². The second-order valence-electron chi connectivity index (χ2n) is 5.37. The van der Waals surface area contributed by atoms with Gasteiger partial charge in [-0.3, -0.25) is 4.79 Å². The molecule has 1 amide bonds. The lowest BCUT2D eigenvalue weighted by Gasteiger charge is -2.25. The van der Waals surface area contributed by atoms with Gasteiger partial charge < -0.3 is 5.32 Å². The Morgan fingerprint density at radius 2 is 1.94 bits per heavy atom. The summed E-state index contributed by atoms with van der Waals surface area (Å²) in [7, 11) is -2.94. The highest BCUT2D eigenvalue weighted by molar-refractivity contribution is 7.91. The van der Waals surface area contributed by atoms with Crippen molar-refractivity contribution in [1.29, 1.82) is 0 Å². The second-order valence-corrected chi connectivity index (χ2v) is 7.56. The molecular weight excluding hydrogens is 226 g/mol. The minimum atomic E-state index is -2.94. The summed E-state index contributed by atoms with van der Waals surface area (Å²) in [4.78, 5) is 11.9. The standard InChI is InChI=1S/C11H19NO3S/c1-11(6-7-16(14,15)8-11)12-10(13)9-4-2-3-5-9/h9H,2-8H2,1H3,(H,12,13)/t11-/m1/s1. The zero-order valence-corrected chi connectivity index (χ0v) is 10.5. The van der Waals surface area contributed by atoms with Gasteiger partial charge in [-0.25, -0.2) is 8.42 Å². The lowest BCUT2D eigenvalue weighted by molar-refractivity contribution is -0.126. The molecule has 0 spiro atoms. The molecule has 0 radical (unpaired) electrons. The monoisotopic (exact) mass is 245 g/mol. The fourth-order valence-electron chi connectivity index (χ4n) is 2.70. The number of carbonyl (C=O) groups is 1. The van der Waals surface area contributed by atoms with Crippen LogP contribution in [0.3, 0.4) is 0 Å². The summed E-state index contributed by atoms with van der Waals surface area (Å²) in [6.45, 7) is 1.84. The lowest BCUT2D eigenvalue weighted by atomic mass is 9.99. The molecule has 2 fully saturated rings. The molecule has 0 aromatic carbocycles. The topological polar surface area (TPSA) is 63.2 Å². The average Bonchev–Trinajstić information content (AvgIpc) is 2.73. The van der Waals surface area contributed by atoms with E-state index in [1.54, 1.807) is 0 Å². The number of amides is 1. The fraction of sp³-hybridized carbons (Fsp3) is 0.909. The van der Waals surface area contributed by atoms with Crippen LogP contribution in [0.25, 0.3) is 0 Å². The molecule has 1 N–H and O–H groups in total. The Balaban J connectivity index is 1.96. The van der Waals surface area contributed by atoms with Crippen LogP contribution < -0.4 is 5.32 Å². The van der Waals surface area contributed by atoms with Crippen LogP contribution in [0.5, 0.6) is 0 Å². The van der Waals surface area contributed by atoms with Gasteiger partial charge in [-0.1, -0.05) is 12.8 Å². The number of nitrogens with one attached hydrogen (secondary N) is 1. The maximum atomic E-state index is 11.9. The molecular formula is C11H19NO3S. The van der Waals surface area contributed by atoms with E-state index >= 15 is 0 Å². The third kappa shape index (κ3) is 2.56. The number of hydrogen-bond donors (Lipinski definition) is 1. The minimum absolute atomic E-state index is 0.0529. The lowest BCUT2D eigenvalue weighted by Crippen LogP contribution is -2.48. The highest BCUT2D eigenvalue weighted by Gasteiger charge is 2.40. The largest absolute Gasteiger partial charge is 0.350 e. The SMILES string of the molecule is C[C@@]1(NC(=O)C2CCCC2)CCS(=O)(=O)C1. The van der Waals surface area contributed by atoms with Crippen LogP contribution in [-0.2, 0) is 14.6 Å². The molecule has 1 heterocycles. The van der Waals surface area contributed by atoms with Gasteiger partial charge in [-0.05, 0) is 26.2 Å². The van der Waals surface area contributed by atoms with Crippen LogP contribution in [0.4, 0.5) is 0 Å². The summed E-state index contributed by atoms with van der Waals surface area (Å²) in [5, 5.41) is 2.93. The third-order valence-corrected chi connectivity index (χ3v) is 5.56. The number of sulfone groups is 1. The molecule has 4 nitrogen and oxygen atoms in total. The van der Waals surface area contributed by atoms with Crippen molar-refractivity contribution in [2.75, 3.05) is 11.5 Å². The second kappa shape index (κ2) is 4.02. The molecule has 2 rings (SSSR count). The Morgan fingerprint density at radius 1 is 1.31 bits per heavy atom. The Bertz CT molecular complexity index is 384. The van der Waals surface area contributed by atoms with Gasteiger partial charge in [0.15, 0.2) is 9.84 Å². The highest BCUT2D eigenvalue weighted by atomic mass is 32.2. The molecule has 1 atom stereocenters. The van der Waals surface area contributed by atoms with Gasteiger partial charge in [0, 0.05) is 5.92 Å². The van der Waals surface area contributed by atoms with E-state index in [4.69, 9.17) is 0 Å². The van der Waals surface area contributed by atoms with Crippen molar-refractivity contribution in [3.05, 3.63) is 0 Å². The normalized spacial score (nSPS) is 34.1. The molecule has 0 bridgehead atoms. The molecule has 1 aliphatic heterocycles. The first-order valence-corrected chi connectivity index (χ1v) is 7.75. The highest BCUT2D eigenvalue weighted by Crippen LogP contribution is 2.28. The summed E-state index contributed by atoms with van der Waals surface area (Å²) < 4.78 is 22.8. The van der Waals surface area contributed by atoms with Crippen molar-refractivity contribution < 1.29 is 13.2 Å². The first-order chi connectivity index (χ1) is 7.40. The summed E-state index contributed by atoms with van der Waals surface area (Å²) in [5.41, 5.74) is -0.529. The van der Waals surface area contributed by atoms with Crippen LogP contribution in [0.2, 0.25) is 0 Å². The maximum absolute atomic E-state index is 11.9. The van der Waals surface area contributed by atoms with Gasteiger partial charge in [-0.15, -0.1) is 0 Å².